The number of methoxy groups -OCH3 is 2. The van der Waals surface area contributed by atoms with Gasteiger partial charge in [-0.15, -0.1) is 0 Å². The molecule has 28 heavy (non-hydrogen) atoms. The molecule has 1 unspecified atom stereocenters. The van der Waals surface area contributed by atoms with Crippen LogP contribution in [0.25, 0.3) is 0 Å². The van der Waals surface area contributed by atoms with E-state index in [0.29, 0.717) is 31.1 Å². The number of benzene rings is 2. The van der Waals surface area contributed by atoms with Crippen molar-refractivity contribution in [2.75, 3.05) is 41.5 Å². The van der Waals surface area contributed by atoms with Gasteiger partial charge < -0.3 is 24.4 Å². The minimum Gasteiger partial charge on any atom is -0.494 e. The van der Waals surface area contributed by atoms with Crippen LogP contribution in [0.3, 0.4) is 0 Å². The lowest BCUT2D eigenvalue weighted by Gasteiger charge is -2.26. The Morgan fingerprint density at radius 1 is 1.04 bits per heavy atom. The Bertz CT molecular complexity index is 760. The molecule has 152 valence electrons. The molecule has 2 rings (SSSR count). The van der Waals surface area contributed by atoms with E-state index in [1.807, 2.05) is 63.5 Å². The first-order chi connectivity index (χ1) is 13.5. The number of carbonyl (C=O) groups is 1. The average molecular weight is 386 g/mol. The maximum atomic E-state index is 12.4. The van der Waals surface area contributed by atoms with Crippen molar-refractivity contribution >= 4 is 5.91 Å². The van der Waals surface area contributed by atoms with Gasteiger partial charge in [-0.05, 0) is 56.4 Å². The minimum absolute atomic E-state index is 0.0171. The standard InChI is InChI=1S/C22H30N2O4/c1-6-28-18-10-7-16(8-11-18)13-22(25)23-15-19(24(2)3)17-9-12-20(26-4)21(14-17)27-5/h7-12,14,19H,6,13,15H2,1-5H3,(H,23,25). The van der Waals surface area contributed by atoms with Gasteiger partial charge in [0, 0.05) is 6.54 Å². The lowest BCUT2D eigenvalue weighted by Crippen LogP contribution is -2.35. The molecule has 0 aliphatic carbocycles. The zero-order valence-electron chi connectivity index (χ0n) is 17.3. The second kappa shape index (κ2) is 10.6. The van der Waals surface area contributed by atoms with E-state index >= 15 is 0 Å². The van der Waals surface area contributed by atoms with Crippen LogP contribution in [0.1, 0.15) is 24.1 Å². The summed E-state index contributed by atoms with van der Waals surface area (Å²) in [4.78, 5) is 14.5. The van der Waals surface area contributed by atoms with Gasteiger partial charge >= 0.3 is 0 Å². The summed E-state index contributed by atoms with van der Waals surface area (Å²) in [7, 11) is 7.20. The molecule has 2 aromatic rings. The largest absolute Gasteiger partial charge is 0.494 e. The molecule has 0 aromatic heterocycles. The predicted molar refractivity (Wildman–Crippen MR) is 110 cm³/mol. The van der Waals surface area contributed by atoms with Crippen LogP contribution in [0.15, 0.2) is 42.5 Å². The zero-order chi connectivity index (χ0) is 20.5. The third-order valence-corrected chi connectivity index (χ3v) is 4.51. The molecule has 0 bridgehead atoms. The van der Waals surface area contributed by atoms with E-state index in [-0.39, 0.29) is 11.9 Å². The van der Waals surface area contributed by atoms with Crippen LogP contribution in [0.2, 0.25) is 0 Å². The number of likely N-dealkylation sites (N-methyl/N-ethyl adjacent to an activating group) is 1. The van der Waals surface area contributed by atoms with E-state index in [1.54, 1.807) is 14.2 Å². The van der Waals surface area contributed by atoms with Crippen molar-refractivity contribution in [2.24, 2.45) is 0 Å². The number of amides is 1. The van der Waals surface area contributed by atoms with Crippen LogP contribution >= 0.6 is 0 Å². The van der Waals surface area contributed by atoms with Crippen LogP contribution in [0.5, 0.6) is 17.2 Å². The summed E-state index contributed by atoms with van der Waals surface area (Å²) in [6.07, 6.45) is 0.332. The second-order valence-electron chi connectivity index (χ2n) is 6.65. The van der Waals surface area contributed by atoms with Crippen LogP contribution in [-0.4, -0.2) is 52.3 Å². The second-order valence-corrected chi connectivity index (χ2v) is 6.65. The van der Waals surface area contributed by atoms with Gasteiger partial charge in [-0.3, -0.25) is 4.79 Å². The third-order valence-electron chi connectivity index (χ3n) is 4.51. The highest BCUT2D eigenvalue weighted by atomic mass is 16.5. The number of hydrogen-bond acceptors (Lipinski definition) is 5. The molecule has 2 aromatic carbocycles. The van der Waals surface area contributed by atoms with Crippen LogP contribution in [0, 0.1) is 0 Å². The molecular weight excluding hydrogens is 356 g/mol. The Balaban J connectivity index is 2.00. The van der Waals surface area contributed by atoms with Gasteiger partial charge in [0.1, 0.15) is 5.75 Å². The lowest BCUT2D eigenvalue weighted by molar-refractivity contribution is -0.120. The summed E-state index contributed by atoms with van der Waals surface area (Å²) in [6, 6.07) is 13.4. The van der Waals surface area contributed by atoms with Crippen molar-refractivity contribution in [1.29, 1.82) is 0 Å². The summed E-state index contributed by atoms with van der Waals surface area (Å²) in [5, 5.41) is 3.03. The Kier molecular flexibility index (Phi) is 8.14. The predicted octanol–water partition coefficient (Wildman–Crippen LogP) is 3.06. The fourth-order valence-corrected chi connectivity index (χ4v) is 2.99. The zero-order valence-corrected chi connectivity index (χ0v) is 17.3. The van der Waals surface area contributed by atoms with Gasteiger partial charge in [0.15, 0.2) is 11.5 Å². The number of hydrogen-bond donors (Lipinski definition) is 1. The Hall–Kier alpha value is -2.73. The minimum atomic E-state index is -0.0171. The molecule has 1 amide bonds. The highest BCUT2D eigenvalue weighted by Gasteiger charge is 2.17. The Morgan fingerprint density at radius 3 is 2.29 bits per heavy atom. The van der Waals surface area contributed by atoms with E-state index in [4.69, 9.17) is 14.2 Å². The molecule has 6 heteroatoms. The van der Waals surface area contributed by atoms with Crippen LogP contribution < -0.4 is 19.5 Å². The van der Waals surface area contributed by atoms with Crippen LogP contribution in [0.4, 0.5) is 0 Å². The number of nitrogens with zero attached hydrogens (tertiary/aromatic N) is 1. The highest BCUT2D eigenvalue weighted by Crippen LogP contribution is 2.31. The molecule has 0 heterocycles. The molecule has 0 fully saturated rings. The Labute approximate surface area is 167 Å². The highest BCUT2D eigenvalue weighted by molar-refractivity contribution is 5.78. The molecule has 0 radical (unpaired) electrons. The van der Waals surface area contributed by atoms with Gasteiger partial charge in [0.25, 0.3) is 0 Å². The SMILES string of the molecule is CCOc1ccc(CC(=O)NCC(c2ccc(OC)c(OC)c2)N(C)C)cc1. The molecule has 0 aliphatic heterocycles. The fraction of sp³-hybridized carbons (Fsp3) is 0.409. The van der Waals surface area contributed by atoms with E-state index < -0.39 is 0 Å². The van der Waals surface area contributed by atoms with Crippen molar-refractivity contribution in [1.82, 2.24) is 10.2 Å². The molecule has 0 aliphatic rings. The summed E-state index contributed by atoms with van der Waals surface area (Å²) in [5.41, 5.74) is 2.00. The number of nitrogens with one attached hydrogen (secondary N) is 1. The fourth-order valence-electron chi connectivity index (χ4n) is 2.99. The first kappa shape index (κ1) is 21.6. The summed E-state index contributed by atoms with van der Waals surface area (Å²) in [6.45, 7) is 3.07. The van der Waals surface area contributed by atoms with Gasteiger partial charge in [0.2, 0.25) is 5.91 Å². The van der Waals surface area contributed by atoms with Gasteiger partial charge in [-0.1, -0.05) is 18.2 Å². The normalized spacial score (nSPS) is 11.8. The summed E-state index contributed by atoms with van der Waals surface area (Å²) in [5.74, 6) is 2.15. The molecule has 1 atom stereocenters. The summed E-state index contributed by atoms with van der Waals surface area (Å²) < 4.78 is 16.1. The average Bonchev–Trinajstić information content (AvgIpc) is 2.69. The third kappa shape index (κ3) is 5.89. The molecular formula is C22H30N2O4. The smallest absolute Gasteiger partial charge is 0.224 e. The monoisotopic (exact) mass is 386 g/mol. The van der Waals surface area contributed by atoms with Crippen molar-refractivity contribution in [3.05, 3.63) is 53.6 Å². The molecule has 0 saturated carbocycles. The van der Waals surface area contributed by atoms with E-state index in [1.165, 1.54) is 0 Å². The van der Waals surface area contributed by atoms with Crippen molar-refractivity contribution < 1.29 is 19.0 Å². The maximum Gasteiger partial charge on any atom is 0.224 e. The Morgan fingerprint density at radius 2 is 1.71 bits per heavy atom. The van der Waals surface area contributed by atoms with Crippen molar-refractivity contribution in [3.63, 3.8) is 0 Å². The van der Waals surface area contributed by atoms with Crippen molar-refractivity contribution in [2.45, 2.75) is 19.4 Å². The number of ether oxygens (including phenoxy) is 3. The van der Waals surface area contributed by atoms with E-state index in [9.17, 15) is 4.79 Å². The van der Waals surface area contributed by atoms with E-state index in [0.717, 1.165) is 16.9 Å². The first-order valence-corrected chi connectivity index (χ1v) is 9.35. The molecule has 6 nitrogen and oxygen atoms in total. The quantitative estimate of drug-likeness (QED) is 0.680. The lowest BCUT2D eigenvalue weighted by atomic mass is 10.0. The maximum absolute atomic E-state index is 12.4. The van der Waals surface area contributed by atoms with Gasteiger partial charge in [-0.25, -0.2) is 0 Å². The molecule has 1 N–H and O–H groups in total. The summed E-state index contributed by atoms with van der Waals surface area (Å²) >= 11 is 0. The van der Waals surface area contributed by atoms with Gasteiger partial charge in [0.05, 0.1) is 33.3 Å². The molecule has 0 spiro atoms. The topological polar surface area (TPSA) is 60.0 Å². The van der Waals surface area contributed by atoms with Gasteiger partial charge in [-0.2, -0.15) is 0 Å². The number of rotatable bonds is 10. The molecule has 0 saturated heterocycles. The van der Waals surface area contributed by atoms with Crippen molar-refractivity contribution in [3.8, 4) is 17.2 Å². The first-order valence-electron chi connectivity index (χ1n) is 9.35. The van der Waals surface area contributed by atoms with E-state index in [2.05, 4.69) is 10.2 Å². The number of carbonyl (C=O) groups excluding carboxylic acids is 1. The van der Waals surface area contributed by atoms with Crippen LogP contribution in [-0.2, 0) is 11.2 Å².